The summed E-state index contributed by atoms with van der Waals surface area (Å²) in [7, 11) is 0. The van der Waals surface area contributed by atoms with Crippen LogP contribution in [0.25, 0.3) is 0 Å². The lowest BCUT2D eigenvalue weighted by molar-refractivity contribution is 1.85. The molecule has 0 heterocycles. The van der Waals surface area contributed by atoms with Gasteiger partial charge in [0.25, 0.3) is 0 Å². The van der Waals surface area contributed by atoms with Crippen molar-refractivity contribution in [3.63, 3.8) is 0 Å². The Hall–Kier alpha value is 1.02. The second-order valence-corrected chi connectivity index (χ2v) is 2.83. The Morgan fingerprint density at radius 1 is 0.900 bits per heavy atom. The Morgan fingerprint density at radius 2 is 1.20 bits per heavy atom. The van der Waals surface area contributed by atoms with E-state index in [0.29, 0.717) is 0 Å². The highest BCUT2D eigenvalue weighted by Gasteiger charge is 1.56. The Kier molecular flexibility index (Phi) is 22.5. The first kappa shape index (κ1) is 13.6. The van der Waals surface area contributed by atoms with Crippen LogP contribution in [0.5, 0.6) is 0 Å². The third-order valence-corrected chi connectivity index (χ3v) is 1.46. The molecule has 0 aromatic heterocycles. The molecule has 0 aliphatic heterocycles. The van der Waals surface area contributed by atoms with Crippen molar-refractivity contribution in [2.75, 3.05) is 10.7 Å². The van der Waals surface area contributed by atoms with Crippen LogP contribution < -0.4 is 0 Å². The minimum absolute atomic E-state index is 0.844. The molecule has 0 atom stereocenters. The van der Waals surface area contributed by atoms with E-state index in [0.717, 1.165) is 10.7 Å². The molecule has 0 aliphatic rings. The lowest BCUT2D eigenvalue weighted by Gasteiger charge is -1.61. The highest BCUT2D eigenvalue weighted by molar-refractivity contribution is 9.09. The normalized spacial score (nSPS) is 10.0. The van der Waals surface area contributed by atoms with Gasteiger partial charge in [0.2, 0.25) is 0 Å². The summed E-state index contributed by atoms with van der Waals surface area (Å²) in [5.41, 5.74) is 2.96. The average Bonchev–Trinajstić information content (AvgIpc) is 1.93. The SMILES string of the molecule is ClC=CCBr.ClC=CCBr. The number of halogens is 4. The first-order chi connectivity index (χ1) is 4.83. The minimum Gasteiger partial charge on any atom is -0.0933 e. The van der Waals surface area contributed by atoms with Crippen molar-refractivity contribution in [1.29, 1.82) is 0 Å². The van der Waals surface area contributed by atoms with Gasteiger partial charge in [-0.15, -0.1) is 0 Å². The molecule has 0 radical (unpaired) electrons. The molecule has 0 aromatic carbocycles. The third-order valence-electron chi connectivity index (χ3n) is 0.356. The van der Waals surface area contributed by atoms with Gasteiger partial charge in [-0.1, -0.05) is 67.2 Å². The molecule has 10 heavy (non-hydrogen) atoms. The summed E-state index contributed by atoms with van der Waals surface area (Å²) < 4.78 is 0. The van der Waals surface area contributed by atoms with Gasteiger partial charge in [-0.2, -0.15) is 0 Å². The summed E-state index contributed by atoms with van der Waals surface area (Å²) >= 11 is 16.5. The number of allylic oxidation sites excluding steroid dienone is 2. The molecule has 0 nitrogen and oxygen atoms in total. The highest BCUT2D eigenvalue weighted by Crippen LogP contribution is 1.82. The van der Waals surface area contributed by atoms with Crippen molar-refractivity contribution in [2.24, 2.45) is 0 Å². The van der Waals surface area contributed by atoms with E-state index in [1.54, 1.807) is 0 Å². The van der Waals surface area contributed by atoms with Gasteiger partial charge in [0, 0.05) is 21.7 Å². The minimum atomic E-state index is 0.844. The van der Waals surface area contributed by atoms with Gasteiger partial charge in [0.05, 0.1) is 0 Å². The van der Waals surface area contributed by atoms with Crippen molar-refractivity contribution in [3.05, 3.63) is 23.2 Å². The topological polar surface area (TPSA) is 0 Å². The predicted octanol–water partition coefficient (Wildman–Crippen LogP) is 4.27. The summed E-state index contributed by atoms with van der Waals surface area (Å²) in [5, 5.41) is 1.69. The number of hydrogen-bond donors (Lipinski definition) is 0. The molecule has 0 spiro atoms. The van der Waals surface area contributed by atoms with E-state index in [1.165, 1.54) is 11.1 Å². The van der Waals surface area contributed by atoms with Crippen LogP contribution in [-0.2, 0) is 0 Å². The van der Waals surface area contributed by atoms with Crippen molar-refractivity contribution in [2.45, 2.75) is 0 Å². The van der Waals surface area contributed by atoms with E-state index < -0.39 is 0 Å². The molecule has 0 amide bonds. The number of rotatable bonds is 2. The maximum atomic E-state index is 5.09. The van der Waals surface area contributed by atoms with E-state index in [2.05, 4.69) is 31.9 Å². The highest BCUT2D eigenvalue weighted by atomic mass is 79.9. The Labute approximate surface area is 88.5 Å². The van der Waals surface area contributed by atoms with Gasteiger partial charge in [-0.05, 0) is 0 Å². The molecule has 60 valence electrons. The summed E-state index contributed by atoms with van der Waals surface area (Å²) in [6.07, 6.45) is 3.61. The first-order valence-corrected chi connectivity index (χ1v) is 5.57. The van der Waals surface area contributed by atoms with Crippen molar-refractivity contribution in [3.8, 4) is 0 Å². The zero-order valence-corrected chi connectivity index (χ0v) is 9.92. The van der Waals surface area contributed by atoms with Crippen molar-refractivity contribution >= 4 is 55.1 Å². The molecule has 4 heteroatoms. The fourth-order valence-electron chi connectivity index (χ4n) is 0.0673. The van der Waals surface area contributed by atoms with Gasteiger partial charge < -0.3 is 0 Å². The quantitative estimate of drug-likeness (QED) is 0.668. The van der Waals surface area contributed by atoms with Crippen LogP contribution in [0.4, 0.5) is 0 Å². The number of alkyl halides is 2. The molecule has 0 N–H and O–H groups in total. The lowest BCUT2D eigenvalue weighted by Crippen LogP contribution is -1.47. The van der Waals surface area contributed by atoms with Gasteiger partial charge in [0.1, 0.15) is 0 Å². The monoisotopic (exact) mass is 308 g/mol. The van der Waals surface area contributed by atoms with E-state index in [4.69, 9.17) is 23.2 Å². The molecular weight excluding hydrogens is 303 g/mol. The summed E-state index contributed by atoms with van der Waals surface area (Å²) in [4.78, 5) is 0. The van der Waals surface area contributed by atoms with Crippen LogP contribution in [0.2, 0.25) is 0 Å². The van der Waals surface area contributed by atoms with Crippen LogP contribution in [0.3, 0.4) is 0 Å². The van der Waals surface area contributed by atoms with E-state index >= 15 is 0 Å². The molecule has 0 aliphatic carbocycles. The van der Waals surface area contributed by atoms with Crippen LogP contribution in [0.1, 0.15) is 0 Å². The fourth-order valence-corrected chi connectivity index (χ4v) is 1.05. The molecule has 0 bridgehead atoms. The summed E-state index contributed by atoms with van der Waals surface area (Å²) in [6.45, 7) is 0. The van der Waals surface area contributed by atoms with Crippen LogP contribution in [0.15, 0.2) is 23.2 Å². The molecule has 0 rings (SSSR count). The molecular formula is C6H8Br2Cl2. The van der Waals surface area contributed by atoms with Crippen molar-refractivity contribution < 1.29 is 0 Å². The Bertz CT molecular complexity index is 79.7. The molecule has 0 saturated carbocycles. The lowest BCUT2D eigenvalue weighted by atomic mass is 10.8. The van der Waals surface area contributed by atoms with Crippen molar-refractivity contribution in [1.82, 2.24) is 0 Å². The van der Waals surface area contributed by atoms with E-state index in [1.807, 2.05) is 12.2 Å². The molecule has 0 fully saturated rings. The average molecular weight is 311 g/mol. The molecule has 0 unspecified atom stereocenters. The van der Waals surface area contributed by atoms with E-state index in [-0.39, 0.29) is 0 Å². The Morgan fingerprint density at radius 3 is 1.20 bits per heavy atom. The maximum Gasteiger partial charge on any atom is 0.0223 e. The summed E-state index contributed by atoms with van der Waals surface area (Å²) in [5.74, 6) is 0. The van der Waals surface area contributed by atoms with Crippen LogP contribution in [0, 0.1) is 0 Å². The standard InChI is InChI=1S/2C3H4BrCl/c2*4-2-1-3-5/h2*1,3H,2H2. The van der Waals surface area contributed by atoms with Gasteiger partial charge in [-0.25, -0.2) is 0 Å². The fraction of sp³-hybridized carbons (Fsp3) is 0.333. The second kappa shape index (κ2) is 16.5. The van der Waals surface area contributed by atoms with Gasteiger partial charge in [-0.3, -0.25) is 0 Å². The molecule has 0 aromatic rings. The van der Waals surface area contributed by atoms with E-state index in [9.17, 15) is 0 Å². The largest absolute Gasteiger partial charge is 0.0933 e. The first-order valence-electron chi connectivity index (χ1n) is 2.45. The second-order valence-electron chi connectivity index (χ2n) is 1.03. The zero-order valence-electron chi connectivity index (χ0n) is 5.24. The smallest absolute Gasteiger partial charge is 0.0223 e. The Balaban J connectivity index is 0. The predicted molar refractivity (Wildman–Crippen MR) is 57.6 cm³/mol. The molecule has 0 saturated heterocycles. The number of hydrogen-bond acceptors (Lipinski definition) is 0. The maximum absolute atomic E-state index is 5.09. The van der Waals surface area contributed by atoms with Gasteiger partial charge in [0.15, 0.2) is 0 Å². The van der Waals surface area contributed by atoms with Crippen LogP contribution >= 0.6 is 55.1 Å². The zero-order chi connectivity index (χ0) is 8.24. The third kappa shape index (κ3) is 23.0. The van der Waals surface area contributed by atoms with Crippen LogP contribution in [-0.4, -0.2) is 10.7 Å². The van der Waals surface area contributed by atoms with Gasteiger partial charge >= 0.3 is 0 Å². The summed E-state index contributed by atoms with van der Waals surface area (Å²) in [6, 6.07) is 0.